The molecule has 0 saturated carbocycles. The number of carbonyl (C=O) groups is 1. The Hall–Kier alpha value is -2.54. The monoisotopic (exact) mass is 432 g/mol. The molecule has 2 atom stereocenters. The number of nitrogens with one attached hydrogen (secondary N) is 1. The van der Waals surface area contributed by atoms with Gasteiger partial charge >= 0.3 is 0 Å². The zero-order valence-electron chi connectivity index (χ0n) is 18.6. The lowest BCUT2D eigenvalue weighted by atomic mass is 10.0. The Morgan fingerprint density at radius 2 is 1.70 bits per heavy atom. The molecule has 1 N–H and O–H groups in total. The molecule has 2 aromatic carbocycles. The van der Waals surface area contributed by atoms with E-state index in [-0.39, 0.29) is 11.9 Å². The Bertz CT molecular complexity index is 971. The predicted molar refractivity (Wildman–Crippen MR) is 121 cm³/mol. The molecule has 0 aliphatic carbocycles. The zero-order chi connectivity index (χ0) is 22.5. The van der Waals surface area contributed by atoms with Crippen LogP contribution in [0.1, 0.15) is 49.9 Å². The number of hydrogen-bond acceptors (Lipinski definition) is 4. The van der Waals surface area contributed by atoms with Gasteiger partial charge in [0.05, 0.1) is 24.6 Å². The van der Waals surface area contributed by atoms with Crippen molar-refractivity contribution in [2.45, 2.75) is 53.1 Å². The van der Waals surface area contributed by atoms with E-state index in [9.17, 15) is 13.2 Å². The van der Waals surface area contributed by atoms with Crippen molar-refractivity contribution < 1.29 is 17.9 Å². The van der Waals surface area contributed by atoms with E-state index in [1.165, 1.54) is 9.87 Å². The lowest BCUT2D eigenvalue weighted by Gasteiger charge is -2.31. The van der Waals surface area contributed by atoms with Crippen LogP contribution in [-0.4, -0.2) is 33.2 Å². The second-order valence-corrected chi connectivity index (χ2v) is 9.34. The van der Waals surface area contributed by atoms with Crippen LogP contribution in [0.5, 0.6) is 5.75 Å². The molecule has 0 bridgehead atoms. The first-order chi connectivity index (χ1) is 14.1. The normalized spacial score (nSPS) is 13.4. The van der Waals surface area contributed by atoms with Gasteiger partial charge in [-0.1, -0.05) is 25.1 Å². The molecule has 0 unspecified atom stereocenters. The number of ether oxygens (including phenoxy) is 1. The maximum atomic E-state index is 13.1. The molecule has 0 aliphatic heterocycles. The van der Waals surface area contributed by atoms with Gasteiger partial charge in [0.25, 0.3) is 0 Å². The van der Waals surface area contributed by atoms with Crippen molar-refractivity contribution >= 4 is 21.6 Å². The zero-order valence-corrected chi connectivity index (χ0v) is 19.4. The van der Waals surface area contributed by atoms with Crippen LogP contribution >= 0.6 is 0 Å². The van der Waals surface area contributed by atoms with E-state index in [0.717, 1.165) is 17.4 Å². The second kappa shape index (κ2) is 9.98. The van der Waals surface area contributed by atoms with Gasteiger partial charge in [0, 0.05) is 0 Å². The summed E-state index contributed by atoms with van der Waals surface area (Å²) in [5, 5.41) is 2.98. The number of amides is 1. The summed E-state index contributed by atoms with van der Waals surface area (Å²) in [5.74, 6) is 0.318. The second-order valence-electron chi connectivity index (χ2n) is 7.48. The molecule has 0 fully saturated rings. The van der Waals surface area contributed by atoms with Gasteiger partial charge in [-0.25, -0.2) is 8.42 Å². The van der Waals surface area contributed by atoms with E-state index in [1.807, 2.05) is 45.9 Å². The maximum absolute atomic E-state index is 13.1. The Labute approximate surface area is 180 Å². The van der Waals surface area contributed by atoms with E-state index in [4.69, 9.17) is 4.74 Å². The Balaban J connectivity index is 2.29. The third-order valence-electron chi connectivity index (χ3n) is 5.12. The van der Waals surface area contributed by atoms with Crippen molar-refractivity contribution in [1.29, 1.82) is 0 Å². The lowest BCUT2D eigenvalue weighted by molar-refractivity contribution is -0.122. The number of anilines is 1. The lowest BCUT2D eigenvalue weighted by Crippen LogP contribution is -2.49. The molecular weight excluding hydrogens is 400 g/mol. The number of rotatable bonds is 9. The number of hydrogen-bond donors (Lipinski definition) is 1. The maximum Gasteiger partial charge on any atom is 0.244 e. The average Bonchev–Trinajstić information content (AvgIpc) is 2.68. The number of benzene rings is 2. The fraction of sp³-hybridized carbons (Fsp3) is 0.435. The molecule has 2 rings (SSSR count). The molecule has 6 nitrogen and oxygen atoms in total. The van der Waals surface area contributed by atoms with Crippen molar-refractivity contribution in [3.05, 3.63) is 59.2 Å². The van der Waals surface area contributed by atoms with Gasteiger partial charge in [0.2, 0.25) is 15.9 Å². The molecule has 0 aromatic heterocycles. The van der Waals surface area contributed by atoms with Crippen molar-refractivity contribution in [3.63, 3.8) is 0 Å². The van der Waals surface area contributed by atoms with Crippen molar-refractivity contribution in [2.75, 3.05) is 17.2 Å². The summed E-state index contributed by atoms with van der Waals surface area (Å²) < 4.78 is 31.8. The molecule has 164 valence electrons. The van der Waals surface area contributed by atoms with E-state index in [1.54, 1.807) is 31.2 Å². The fourth-order valence-corrected chi connectivity index (χ4v) is 4.55. The highest BCUT2D eigenvalue weighted by atomic mass is 32.2. The third-order valence-corrected chi connectivity index (χ3v) is 6.30. The van der Waals surface area contributed by atoms with Gasteiger partial charge in [-0.3, -0.25) is 9.10 Å². The Kier molecular flexibility index (Phi) is 7.89. The van der Waals surface area contributed by atoms with Crippen LogP contribution in [0.4, 0.5) is 5.69 Å². The minimum atomic E-state index is -3.68. The first kappa shape index (κ1) is 23.7. The largest absolute Gasteiger partial charge is 0.494 e. The van der Waals surface area contributed by atoms with Gasteiger partial charge in [-0.05, 0) is 75.1 Å². The topological polar surface area (TPSA) is 75.7 Å². The number of nitrogens with zero attached hydrogens (tertiary/aromatic N) is 1. The van der Waals surface area contributed by atoms with Crippen LogP contribution in [0.2, 0.25) is 0 Å². The SMILES string of the molecule is CCOc1ccc(N([C@@H](CC)C(=O)N[C@H](C)c2ccc(C)c(C)c2)S(C)(=O)=O)cc1. The van der Waals surface area contributed by atoms with E-state index in [2.05, 4.69) is 5.32 Å². The molecule has 0 spiro atoms. The van der Waals surface area contributed by atoms with Crippen LogP contribution in [-0.2, 0) is 14.8 Å². The molecule has 0 aliphatic rings. The van der Waals surface area contributed by atoms with Crippen LogP contribution in [0.25, 0.3) is 0 Å². The van der Waals surface area contributed by atoms with Gasteiger partial charge in [-0.15, -0.1) is 0 Å². The summed E-state index contributed by atoms with van der Waals surface area (Å²) >= 11 is 0. The average molecular weight is 433 g/mol. The summed E-state index contributed by atoms with van der Waals surface area (Å²) in [6, 6.07) is 11.7. The molecule has 30 heavy (non-hydrogen) atoms. The van der Waals surface area contributed by atoms with Crippen LogP contribution in [0.15, 0.2) is 42.5 Å². The van der Waals surface area contributed by atoms with E-state index < -0.39 is 16.1 Å². The smallest absolute Gasteiger partial charge is 0.244 e. The highest BCUT2D eigenvalue weighted by molar-refractivity contribution is 7.92. The summed E-state index contributed by atoms with van der Waals surface area (Å²) in [6.07, 6.45) is 1.46. The quantitative estimate of drug-likeness (QED) is 0.647. The summed E-state index contributed by atoms with van der Waals surface area (Å²) in [5.41, 5.74) is 3.74. The van der Waals surface area contributed by atoms with Crippen LogP contribution < -0.4 is 14.4 Å². The molecule has 0 saturated heterocycles. The van der Waals surface area contributed by atoms with Gasteiger partial charge < -0.3 is 10.1 Å². The Morgan fingerprint density at radius 1 is 1.07 bits per heavy atom. The standard InChI is InChI=1S/C23H32N2O4S/c1-7-22(23(26)24-18(5)19-10-9-16(3)17(4)15-19)25(30(6,27)28)20-11-13-21(14-12-20)29-8-2/h9-15,18,22H,7-8H2,1-6H3,(H,24,26)/t18-,22+/m1/s1. The van der Waals surface area contributed by atoms with Crippen molar-refractivity contribution in [1.82, 2.24) is 5.32 Å². The highest BCUT2D eigenvalue weighted by Crippen LogP contribution is 2.26. The highest BCUT2D eigenvalue weighted by Gasteiger charge is 2.32. The first-order valence-corrected chi connectivity index (χ1v) is 12.0. The number of carbonyl (C=O) groups excluding carboxylic acids is 1. The molecule has 1 amide bonds. The van der Waals surface area contributed by atoms with Crippen molar-refractivity contribution in [3.8, 4) is 5.75 Å². The molecule has 7 heteroatoms. The Morgan fingerprint density at radius 3 is 2.20 bits per heavy atom. The van der Waals surface area contributed by atoms with Gasteiger partial charge in [0.1, 0.15) is 11.8 Å². The molecular formula is C23H32N2O4S. The van der Waals surface area contributed by atoms with Crippen LogP contribution in [0.3, 0.4) is 0 Å². The number of aryl methyl sites for hydroxylation is 2. The predicted octanol–water partition coefficient (Wildman–Crippen LogP) is 4.12. The minimum Gasteiger partial charge on any atom is -0.494 e. The number of sulfonamides is 1. The summed E-state index contributed by atoms with van der Waals surface area (Å²) in [7, 11) is -3.68. The van der Waals surface area contributed by atoms with Gasteiger partial charge in [-0.2, -0.15) is 0 Å². The minimum absolute atomic E-state index is 0.243. The van der Waals surface area contributed by atoms with Crippen molar-refractivity contribution in [2.24, 2.45) is 0 Å². The van der Waals surface area contributed by atoms with E-state index in [0.29, 0.717) is 24.5 Å². The van der Waals surface area contributed by atoms with E-state index >= 15 is 0 Å². The molecule has 0 heterocycles. The van der Waals surface area contributed by atoms with Crippen LogP contribution in [0, 0.1) is 13.8 Å². The molecule has 2 aromatic rings. The fourth-order valence-electron chi connectivity index (χ4n) is 3.34. The third kappa shape index (κ3) is 5.75. The van der Waals surface area contributed by atoms with Gasteiger partial charge in [0.15, 0.2) is 0 Å². The summed E-state index contributed by atoms with van der Waals surface area (Å²) in [4.78, 5) is 13.1. The first-order valence-electron chi connectivity index (χ1n) is 10.2. The molecule has 0 radical (unpaired) electrons. The summed E-state index contributed by atoms with van der Waals surface area (Å²) in [6.45, 7) is 10.2.